The van der Waals surface area contributed by atoms with Crippen molar-refractivity contribution in [1.82, 2.24) is 9.88 Å². The minimum absolute atomic E-state index is 0.0420. The van der Waals surface area contributed by atoms with Crippen molar-refractivity contribution in [3.8, 4) is 0 Å². The van der Waals surface area contributed by atoms with Crippen LogP contribution < -0.4 is 0 Å². The number of pyridine rings is 1. The number of alkyl halides is 1. The molecule has 17 heavy (non-hydrogen) atoms. The average Bonchev–Trinajstić information content (AvgIpc) is 2.34. The topological polar surface area (TPSA) is 42.4 Å². The van der Waals surface area contributed by atoms with Gasteiger partial charge in [0.2, 0.25) is 0 Å². The maximum atomic E-state index is 12.2. The summed E-state index contributed by atoms with van der Waals surface area (Å²) in [5.41, 5.74) is 1.42. The number of rotatable bonds is 6. The van der Waals surface area contributed by atoms with Crippen LogP contribution in [0.2, 0.25) is 0 Å². The largest absolute Gasteiger partial charge is 0.383 e. The SMILES string of the molecule is COCCN(CCBr)C(=O)c1ncccc1C. The normalized spacial score (nSPS) is 10.3. The van der Waals surface area contributed by atoms with Crippen LogP contribution in [-0.2, 0) is 4.74 Å². The molecule has 0 radical (unpaired) electrons. The van der Waals surface area contributed by atoms with Crippen LogP contribution >= 0.6 is 15.9 Å². The summed E-state index contributed by atoms with van der Waals surface area (Å²) >= 11 is 3.35. The maximum Gasteiger partial charge on any atom is 0.272 e. The second-order valence-corrected chi connectivity index (χ2v) is 4.44. The molecule has 1 aromatic rings. The molecule has 1 heterocycles. The van der Waals surface area contributed by atoms with Crippen molar-refractivity contribution >= 4 is 21.8 Å². The lowest BCUT2D eigenvalue weighted by atomic mass is 10.2. The minimum atomic E-state index is -0.0420. The molecule has 0 spiro atoms. The fourth-order valence-electron chi connectivity index (χ4n) is 1.48. The number of aryl methyl sites for hydroxylation is 1. The van der Waals surface area contributed by atoms with Crippen LogP contribution in [0.4, 0.5) is 0 Å². The fourth-order valence-corrected chi connectivity index (χ4v) is 1.91. The van der Waals surface area contributed by atoms with Crippen molar-refractivity contribution in [3.63, 3.8) is 0 Å². The molecule has 0 aliphatic carbocycles. The first-order chi connectivity index (χ1) is 8.20. The Balaban J connectivity index is 2.80. The lowest BCUT2D eigenvalue weighted by Gasteiger charge is -2.21. The van der Waals surface area contributed by atoms with Gasteiger partial charge in [-0.25, -0.2) is 0 Å². The highest BCUT2D eigenvalue weighted by molar-refractivity contribution is 9.09. The number of amides is 1. The quantitative estimate of drug-likeness (QED) is 0.753. The number of nitrogens with zero attached hydrogens (tertiary/aromatic N) is 2. The first kappa shape index (κ1) is 14.1. The van der Waals surface area contributed by atoms with Crippen molar-refractivity contribution in [1.29, 1.82) is 0 Å². The van der Waals surface area contributed by atoms with Gasteiger partial charge in [0.15, 0.2) is 0 Å². The molecular weight excluding hydrogens is 284 g/mol. The Hall–Kier alpha value is -0.940. The van der Waals surface area contributed by atoms with Crippen molar-refractivity contribution in [2.45, 2.75) is 6.92 Å². The maximum absolute atomic E-state index is 12.2. The first-order valence-electron chi connectivity index (χ1n) is 5.46. The second kappa shape index (κ2) is 7.40. The van der Waals surface area contributed by atoms with Gasteiger partial charge in [0.05, 0.1) is 6.61 Å². The van der Waals surface area contributed by atoms with Crippen LogP contribution in [0.15, 0.2) is 18.3 Å². The molecule has 0 aliphatic heterocycles. The summed E-state index contributed by atoms with van der Waals surface area (Å²) in [5.74, 6) is -0.0420. The van der Waals surface area contributed by atoms with E-state index in [1.807, 2.05) is 19.1 Å². The van der Waals surface area contributed by atoms with Gasteiger partial charge in [0, 0.05) is 31.7 Å². The number of halogens is 1. The standard InChI is InChI=1S/C12H17BrN2O2/c1-10-4-3-6-14-11(10)12(16)15(7-5-13)8-9-17-2/h3-4,6H,5,7-9H2,1-2H3. The molecular formula is C12H17BrN2O2. The molecule has 0 aliphatic rings. The molecule has 94 valence electrons. The minimum Gasteiger partial charge on any atom is -0.383 e. The smallest absolute Gasteiger partial charge is 0.272 e. The highest BCUT2D eigenvalue weighted by Gasteiger charge is 2.17. The summed E-state index contributed by atoms with van der Waals surface area (Å²) in [7, 11) is 1.63. The van der Waals surface area contributed by atoms with Crippen molar-refractivity contribution in [2.75, 3.05) is 32.1 Å². The van der Waals surface area contributed by atoms with Gasteiger partial charge in [-0.15, -0.1) is 0 Å². The molecule has 0 bridgehead atoms. The molecule has 1 rings (SSSR count). The summed E-state index contributed by atoms with van der Waals surface area (Å²) < 4.78 is 5.01. The zero-order valence-corrected chi connectivity index (χ0v) is 11.7. The Labute approximate surface area is 110 Å². The fraction of sp³-hybridized carbons (Fsp3) is 0.500. The average molecular weight is 301 g/mol. The van der Waals surface area contributed by atoms with E-state index in [-0.39, 0.29) is 5.91 Å². The van der Waals surface area contributed by atoms with Gasteiger partial charge in [0.25, 0.3) is 5.91 Å². The number of aromatic nitrogens is 1. The molecule has 0 saturated carbocycles. The van der Waals surface area contributed by atoms with Crippen LogP contribution in [0.3, 0.4) is 0 Å². The molecule has 5 heteroatoms. The van der Waals surface area contributed by atoms with Gasteiger partial charge in [-0.1, -0.05) is 22.0 Å². The van der Waals surface area contributed by atoms with E-state index in [0.717, 1.165) is 10.9 Å². The highest BCUT2D eigenvalue weighted by atomic mass is 79.9. The third kappa shape index (κ3) is 4.09. The highest BCUT2D eigenvalue weighted by Crippen LogP contribution is 2.07. The van der Waals surface area contributed by atoms with Gasteiger partial charge >= 0.3 is 0 Å². The third-order valence-electron chi connectivity index (χ3n) is 2.42. The van der Waals surface area contributed by atoms with Gasteiger partial charge in [-0.05, 0) is 18.6 Å². The van der Waals surface area contributed by atoms with Crippen molar-refractivity contribution in [3.05, 3.63) is 29.6 Å². The molecule has 0 fully saturated rings. The number of ether oxygens (including phenoxy) is 1. The summed E-state index contributed by atoms with van der Waals surface area (Å²) in [6.45, 7) is 3.66. The van der Waals surface area contributed by atoms with E-state index in [4.69, 9.17) is 4.74 Å². The third-order valence-corrected chi connectivity index (χ3v) is 2.77. The van der Waals surface area contributed by atoms with Gasteiger partial charge in [-0.3, -0.25) is 9.78 Å². The van der Waals surface area contributed by atoms with Crippen LogP contribution in [0.5, 0.6) is 0 Å². The summed E-state index contributed by atoms with van der Waals surface area (Å²) in [5, 5.41) is 0.744. The summed E-state index contributed by atoms with van der Waals surface area (Å²) in [6, 6.07) is 3.72. The molecule has 0 N–H and O–H groups in total. The molecule has 0 unspecified atom stereocenters. The predicted octanol–water partition coefficient (Wildman–Crippen LogP) is 1.87. The lowest BCUT2D eigenvalue weighted by Crippen LogP contribution is -2.36. The van der Waals surface area contributed by atoms with Crippen molar-refractivity contribution < 1.29 is 9.53 Å². The van der Waals surface area contributed by atoms with E-state index in [1.54, 1.807) is 18.2 Å². The second-order valence-electron chi connectivity index (χ2n) is 3.64. The van der Waals surface area contributed by atoms with Crippen LogP contribution in [0, 0.1) is 6.92 Å². The molecule has 0 atom stereocenters. The number of hydrogen-bond acceptors (Lipinski definition) is 3. The molecule has 0 saturated heterocycles. The zero-order chi connectivity index (χ0) is 12.7. The van der Waals surface area contributed by atoms with Crippen LogP contribution in [0.1, 0.15) is 16.1 Å². The summed E-state index contributed by atoms with van der Waals surface area (Å²) in [6.07, 6.45) is 1.64. The Kier molecular flexibility index (Phi) is 6.15. The predicted molar refractivity (Wildman–Crippen MR) is 70.5 cm³/mol. The van der Waals surface area contributed by atoms with E-state index in [9.17, 15) is 4.79 Å². The summed E-state index contributed by atoms with van der Waals surface area (Å²) in [4.78, 5) is 18.1. The van der Waals surface area contributed by atoms with E-state index in [0.29, 0.717) is 25.4 Å². The lowest BCUT2D eigenvalue weighted by molar-refractivity contribution is 0.0702. The van der Waals surface area contributed by atoms with Crippen LogP contribution in [-0.4, -0.2) is 47.9 Å². The van der Waals surface area contributed by atoms with Crippen molar-refractivity contribution in [2.24, 2.45) is 0 Å². The first-order valence-corrected chi connectivity index (χ1v) is 6.58. The number of carbonyl (C=O) groups is 1. The Morgan fingerprint density at radius 1 is 1.53 bits per heavy atom. The van der Waals surface area contributed by atoms with E-state index < -0.39 is 0 Å². The van der Waals surface area contributed by atoms with Gasteiger partial charge < -0.3 is 9.64 Å². The van der Waals surface area contributed by atoms with Gasteiger partial charge in [0.1, 0.15) is 5.69 Å². The Morgan fingerprint density at radius 2 is 2.29 bits per heavy atom. The van der Waals surface area contributed by atoms with Gasteiger partial charge in [-0.2, -0.15) is 0 Å². The number of hydrogen-bond donors (Lipinski definition) is 0. The zero-order valence-electron chi connectivity index (χ0n) is 10.1. The van der Waals surface area contributed by atoms with E-state index >= 15 is 0 Å². The van der Waals surface area contributed by atoms with E-state index in [1.165, 1.54) is 0 Å². The number of carbonyl (C=O) groups excluding carboxylic acids is 1. The molecule has 1 amide bonds. The molecule has 1 aromatic heterocycles. The van der Waals surface area contributed by atoms with E-state index in [2.05, 4.69) is 20.9 Å². The molecule has 0 aromatic carbocycles. The Morgan fingerprint density at radius 3 is 2.88 bits per heavy atom. The monoisotopic (exact) mass is 300 g/mol. The Bertz CT molecular complexity index is 371. The number of methoxy groups -OCH3 is 1. The molecule has 4 nitrogen and oxygen atoms in total. The van der Waals surface area contributed by atoms with Crippen LogP contribution in [0.25, 0.3) is 0 Å².